The number of hydrogen-bond donors (Lipinski definition) is 0. The van der Waals surface area contributed by atoms with Crippen LogP contribution in [0.3, 0.4) is 0 Å². The fourth-order valence-corrected chi connectivity index (χ4v) is 1.71. The van der Waals surface area contributed by atoms with Gasteiger partial charge in [-0.1, -0.05) is 19.8 Å². The zero-order valence-electron chi connectivity index (χ0n) is 13.0. The van der Waals surface area contributed by atoms with E-state index in [1.807, 2.05) is 6.55 Å². The minimum absolute atomic E-state index is 0.531. The van der Waals surface area contributed by atoms with Crippen molar-refractivity contribution in [1.29, 1.82) is 0 Å². The lowest BCUT2D eigenvalue weighted by Gasteiger charge is -2.07. The van der Waals surface area contributed by atoms with E-state index in [4.69, 9.17) is 23.4 Å². The highest BCUT2D eigenvalue weighted by Gasteiger charge is 1.93. The molecule has 0 heterocycles. The third-order valence-corrected chi connectivity index (χ3v) is 2.98. The molecule has 0 aliphatic heterocycles. The molecule has 2 radical (unpaired) electrons. The topological polar surface area (TPSA) is 46.2 Å². The highest BCUT2D eigenvalue weighted by atomic mass is 28.2. The third-order valence-electron chi connectivity index (χ3n) is 2.48. The fraction of sp³-hybridized carbons (Fsp3) is 1.00. The predicted molar refractivity (Wildman–Crippen MR) is 80.4 cm³/mol. The summed E-state index contributed by atoms with van der Waals surface area (Å²) in [4.78, 5) is 0. The third kappa shape index (κ3) is 18.0. The Morgan fingerprint density at radius 1 is 0.600 bits per heavy atom. The van der Waals surface area contributed by atoms with Crippen molar-refractivity contribution in [3.05, 3.63) is 0 Å². The maximum Gasteiger partial charge on any atom is 0.226 e. The molecule has 6 heteroatoms. The molecule has 0 rings (SSSR count). The molecule has 120 valence electrons. The van der Waals surface area contributed by atoms with Gasteiger partial charge in [-0.15, -0.1) is 0 Å². The second-order valence-electron chi connectivity index (χ2n) is 4.21. The van der Waals surface area contributed by atoms with Gasteiger partial charge in [-0.3, -0.25) is 0 Å². The lowest BCUT2D eigenvalue weighted by Crippen LogP contribution is -2.13. The summed E-state index contributed by atoms with van der Waals surface area (Å²) < 4.78 is 26.7. The number of ether oxygens (including phenoxy) is 4. The molecule has 0 aromatic rings. The Labute approximate surface area is 126 Å². The van der Waals surface area contributed by atoms with Gasteiger partial charge in [0.15, 0.2) is 0 Å². The van der Waals surface area contributed by atoms with Gasteiger partial charge >= 0.3 is 0 Å². The number of rotatable bonds is 17. The van der Waals surface area contributed by atoms with Crippen LogP contribution in [0.5, 0.6) is 0 Å². The Morgan fingerprint density at radius 3 is 1.50 bits per heavy atom. The standard InChI is InChI=1S/C14H30O5Si/c1-3-4-5-6-15-7-8-16-9-10-17-11-12-18-13-14-19-20-2/h3-14H2,1-2H3. The van der Waals surface area contributed by atoms with Crippen LogP contribution in [-0.4, -0.2) is 69.2 Å². The molecule has 0 N–H and O–H groups in total. The normalized spacial score (nSPS) is 11.1. The summed E-state index contributed by atoms with van der Waals surface area (Å²) in [6, 6.07) is 0. The van der Waals surface area contributed by atoms with Crippen molar-refractivity contribution in [2.75, 3.05) is 59.5 Å². The van der Waals surface area contributed by atoms with Crippen LogP contribution in [-0.2, 0) is 23.4 Å². The Morgan fingerprint density at radius 2 is 1.05 bits per heavy atom. The molecule has 0 unspecified atom stereocenters. The molecule has 0 amide bonds. The summed E-state index contributed by atoms with van der Waals surface area (Å²) in [6.07, 6.45) is 3.61. The second kappa shape index (κ2) is 19.0. The summed E-state index contributed by atoms with van der Waals surface area (Å²) in [6.45, 7) is 10.1. The van der Waals surface area contributed by atoms with Crippen molar-refractivity contribution in [3.63, 3.8) is 0 Å². The van der Waals surface area contributed by atoms with Crippen LogP contribution in [0.15, 0.2) is 0 Å². The molecular weight excluding hydrogens is 276 g/mol. The molecule has 5 nitrogen and oxygen atoms in total. The van der Waals surface area contributed by atoms with Crippen LogP contribution in [0.1, 0.15) is 26.2 Å². The Hall–Kier alpha value is 0.0169. The van der Waals surface area contributed by atoms with E-state index in [-0.39, 0.29) is 0 Å². The van der Waals surface area contributed by atoms with Gasteiger partial charge in [0.25, 0.3) is 0 Å². The predicted octanol–water partition coefficient (Wildman–Crippen LogP) is 1.93. The fourth-order valence-electron chi connectivity index (χ4n) is 1.42. The van der Waals surface area contributed by atoms with E-state index < -0.39 is 0 Å². The van der Waals surface area contributed by atoms with E-state index in [1.165, 1.54) is 12.8 Å². The van der Waals surface area contributed by atoms with Gasteiger partial charge in [0.1, 0.15) is 0 Å². The van der Waals surface area contributed by atoms with Crippen molar-refractivity contribution in [3.8, 4) is 0 Å². The SMILES string of the molecule is CCCCCOCCOCCOCCOCCO[Si]C. The average molecular weight is 306 g/mol. The van der Waals surface area contributed by atoms with E-state index in [2.05, 4.69) is 6.92 Å². The number of unbranched alkanes of at least 4 members (excludes halogenated alkanes) is 2. The van der Waals surface area contributed by atoms with Crippen molar-refractivity contribution in [1.82, 2.24) is 0 Å². The molecule has 0 aromatic carbocycles. The van der Waals surface area contributed by atoms with E-state index in [1.54, 1.807) is 0 Å². The summed E-state index contributed by atoms with van der Waals surface area (Å²) >= 11 is 0. The molecule has 20 heavy (non-hydrogen) atoms. The van der Waals surface area contributed by atoms with E-state index in [9.17, 15) is 0 Å². The van der Waals surface area contributed by atoms with Crippen LogP contribution in [0.4, 0.5) is 0 Å². The van der Waals surface area contributed by atoms with Gasteiger partial charge < -0.3 is 23.4 Å². The van der Waals surface area contributed by atoms with Gasteiger partial charge in [0, 0.05) is 6.61 Å². The first-order valence-electron chi connectivity index (χ1n) is 7.51. The van der Waals surface area contributed by atoms with Gasteiger partial charge in [0.05, 0.1) is 52.9 Å². The summed E-state index contributed by atoms with van der Waals surface area (Å²) in [5.74, 6) is 0. The highest BCUT2D eigenvalue weighted by Crippen LogP contribution is 1.93. The van der Waals surface area contributed by atoms with Gasteiger partial charge in [-0.05, 0) is 13.0 Å². The second-order valence-corrected chi connectivity index (χ2v) is 4.91. The monoisotopic (exact) mass is 306 g/mol. The summed E-state index contributed by atoms with van der Waals surface area (Å²) in [5, 5.41) is 0. The molecule has 0 aliphatic rings. The van der Waals surface area contributed by atoms with Crippen molar-refractivity contribution in [2.45, 2.75) is 32.7 Å². The first-order chi connectivity index (χ1) is 9.91. The lowest BCUT2D eigenvalue weighted by atomic mass is 10.3. The van der Waals surface area contributed by atoms with Gasteiger partial charge in [-0.2, -0.15) is 0 Å². The van der Waals surface area contributed by atoms with Crippen LogP contribution >= 0.6 is 0 Å². The first-order valence-corrected chi connectivity index (χ1v) is 8.92. The molecule has 0 saturated heterocycles. The summed E-state index contributed by atoms with van der Waals surface area (Å²) in [5.41, 5.74) is 0. The lowest BCUT2D eigenvalue weighted by molar-refractivity contribution is -0.00475. The zero-order valence-corrected chi connectivity index (χ0v) is 14.0. The summed E-state index contributed by atoms with van der Waals surface area (Å²) in [7, 11) is 0.531. The van der Waals surface area contributed by atoms with Gasteiger partial charge in [-0.25, -0.2) is 0 Å². The van der Waals surface area contributed by atoms with E-state index >= 15 is 0 Å². The highest BCUT2D eigenvalue weighted by molar-refractivity contribution is 6.24. The molecule has 0 aromatic heterocycles. The van der Waals surface area contributed by atoms with Crippen molar-refractivity contribution >= 4 is 9.76 Å². The quantitative estimate of drug-likeness (QED) is 0.303. The molecule has 0 atom stereocenters. The average Bonchev–Trinajstić information content (AvgIpc) is 2.47. The van der Waals surface area contributed by atoms with Crippen LogP contribution in [0.25, 0.3) is 0 Å². The molecule has 0 aliphatic carbocycles. The largest absolute Gasteiger partial charge is 0.415 e. The smallest absolute Gasteiger partial charge is 0.226 e. The van der Waals surface area contributed by atoms with Crippen LogP contribution in [0, 0.1) is 0 Å². The molecular formula is C14H30O5Si. The maximum absolute atomic E-state index is 5.43. The van der Waals surface area contributed by atoms with E-state index in [0.717, 1.165) is 13.0 Å². The van der Waals surface area contributed by atoms with Gasteiger partial charge in [0.2, 0.25) is 9.76 Å². The Bertz CT molecular complexity index is 154. The first kappa shape index (κ1) is 20.0. The zero-order chi connectivity index (χ0) is 14.7. The van der Waals surface area contributed by atoms with Crippen molar-refractivity contribution < 1.29 is 23.4 Å². The molecule has 0 spiro atoms. The Balaban J connectivity index is 2.89. The van der Waals surface area contributed by atoms with Crippen molar-refractivity contribution in [2.24, 2.45) is 0 Å². The minimum Gasteiger partial charge on any atom is -0.415 e. The minimum atomic E-state index is 0.531. The maximum atomic E-state index is 5.43. The van der Waals surface area contributed by atoms with Crippen LogP contribution < -0.4 is 0 Å². The molecule has 0 fully saturated rings. The molecule has 0 bridgehead atoms. The Kier molecular flexibility index (Phi) is 19.0. The van der Waals surface area contributed by atoms with E-state index in [0.29, 0.717) is 62.6 Å². The van der Waals surface area contributed by atoms with Crippen LogP contribution in [0.2, 0.25) is 6.55 Å². The number of hydrogen-bond acceptors (Lipinski definition) is 5. The molecule has 0 saturated carbocycles.